The number of ether oxygens (including phenoxy) is 1. The number of amides is 1. The molecule has 0 fully saturated rings. The lowest BCUT2D eigenvalue weighted by atomic mass is 10.4. The van der Waals surface area contributed by atoms with Gasteiger partial charge in [0.05, 0.1) is 12.7 Å². The van der Waals surface area contributed by atoms with E-state index in [1.807, 2.05) is 13.8 Å². The highest BCUT2D eigenvalue weighted by molar-refractivity contribution is 5.96. The molecule has 1 amide bonds. The number of hydrogen-bond acceptors (Lipinski definition) is 3. The molecule has 0 aliphatic heterocycles. The topological polar surface area (TPSA) is 55.4 Å². The summed E-state index contributed by atoms with van der Waals surface area (Å²) in [4.78, 5) is 21.5. The lowest BCUT2D eigenvalue weighted by molar-refractivity contribution is -0.117. The van der Waals surface area contributed by atoms with Crippen LogP contribution >= 0.6 is 0 Å². The Hall–Kier alpha value is -1.16. The van der Waals surface area contributed by atoms with Gasteiger partial charge < -0.3 is 10.1 Å². The summed E-state index contributed by atoms with van der Waals surface area (Å²) in [6.45, 7) is 6.19. The Morgan fingerprint density at radius 1 is 1.43 bits per heavy atom. The third-order valence-corrected chi connectivity index (χ3v) is 1.32. The van der Waals surface area contributed by atoms with Crippen molar-refractivity contribution < 1.29 is 15.8 Å². The molecule has 0 aliphatic rings. The third-order valence-electron chi connectivity index (χ3n) is 1.32. The minimum Gasteiger partial charge on any atom is -0.377 e. The molecule has 0 saturated heterocycles. The van der Waals surface area contributed by atoms with Crippen molar-refractivity contribution in [2.45, 2.75) is 26.9 Å². The van der Waals surface area contributed by atoms with Crippen molar-refractivity contribution in [1.82, 2.24) is 5.32 Å². The van der Waals surface area contributed by atoms with Gasteiger partial charge in [-0.3, -0.25) is 9.59 Å². The fourth-order valence-corrected chi connectivity index (χ4v) is 0.721. The van der Waals surface area contributed by atoms with Crippen LogP contribution in [-0.2, 0) is 14.3 Å². The van der Waals surface area contributed by atoms with E-state index in [1.165, 1.54) is 19.1 Å². The first kappa shape index (κ1) is 12.8. The van der Waals surface area contributed by atoms with E-state index in [0.717, 1.165) is 0 Å². The summed E-state index contributed by atoms with van der Waals surface area (Å²) < 4.78 is 5.21. The first-order chi connectivity index (χ1) is 6.52. The van der Waals surface area contributed by atoms with E-state index in [-0.39, 0.29) is 19.2 Å². The monoisotopic (exact) mass is 201 g/mol. The van der Waals surface area contributed by atoms with Crippen molar-refractivity contribution in [3.8, 4) is 0 Å². The van der Waals surface area contributed by atoms with Crippen molar-refractivity contribution in [1.29, 1.82) is 0 Å². The lowest BCUT2D eigenvalue weighted by Gasteiger charge is -2.06. The normalized spacial score (nSPS) is 10.9. The second kappa shape index (κ2) is 7.26. The molecule has 0 aromatic rings. The summed E-state index contributed by atoms with van der Waals surface area (Å²) in [5.74, 6) is -0.411. The summed E-state index contributed by atoms with van der Waals surface area (Å²) in [7, 11) is 0. The van der Waals surface area contributed by atoms with Gasteiger partial charge in [-0.05, 0) is 26.8 Å². The van der Waals surface area contributed by atoms with Gasteiger partial charge in [-0.15, -0.1) is 0 Å². The molecule has 0 rings (SSSR count). The number of carbonyl (C=O) groups is 2. The Labute approximate surface area is 85.8 Å². The highest BCUT2D eigenvalue weighted by Gasteiger charge is 1.96. The van der Waals surface area contributed by atoms with Crippen LogP contribution in [0.25, 0.3) is 0 Å². The maximum absolute atomic E-state index is 11.0. The number of nitrogens with one attached hydrogen (secondary N) is 1. The lowest BCUT2D eigenvalue weighted by Crippen LogP contribution is -2.26. The van der Waals surface area contributed by atoms with E-state index in [1.54, 1.807) is 0 Å². The van der Waals surface area contributed by atoms with Crippen molar-refractivity contribution in [2.75, 3.05) is 13.2 Å². The van der Waals surface area contributed by atoms with Gasteiger partial charge in [0.1, 0.15) is 0 Å². The Balaban J connectivity index is 0. The molecular weight excluding hydrogens is 182 g/mol. The first-order valence-electron chi connectivity index (χ1n) is 4.60. The Morgan fingerprint density at radius 3 is 2.57 bits per heavy atom. The number of rotatable bonds is 6. The Bertz CT molecular complexity index is 227. The van der Waals surface area contributed by atoms with E-state index < -0.39 is 0 Å². The molecule has 0 spiro atoms. The molecule has 0 aliphatic carbocycles. The van der Waals surface area contributed by atoms with Gasteiger partial charge in [-0.25, -0.2) is 0 Å². The zero-order valence-electron chi connectivity index (χ0n) is 8.87. The van der Waals surface area contributed by atoms with Crippen molar-refractivity contribution >= 4 is 11.7 Å². The quantitative estimate of drug-likeness (QED) is 0.513. The number of carbonyl (C=O) groups excluding carboxylic acids is 2. The van der Waals surface area contributed by atoms with Crippen LogP contribution in [0.4, 0.5) is 0 Å². The smallest absolute Gasteiger partial charge is 0.244 e. The molecule has 0 atom stereocenters. The van der Waals surface area contributed by atoms with Crippen molar-refractivity contribution in [3.63, 3.8) is 0 Å². The standard InChI is InChI=1S/C10H17NO3.H2/c1-8(2)14-7-6-11-10(13)5-4-9(3)12;/h4-5,8H,6-7H2,1-3H3,(H,11,13);1H/b5-4-;. The van der Waals surface area contributed by atoms with Crippen LogP contribution in [0.2, 0.25) is 0 Å². The SMILES string of the molecule is CC(=O)/C=C\C(=O)NCCOC(C)C.[HH]. The van der Waals surface area contributed by atoms with E-state index >= 15 is 0 Å². The molecule has 0 aromatic heterocycles. The fourth-order valence-electron chi connectivity index (χ4n) is 0.721. The van der Waals surface area contributed by atoms with Crippen LogP contribution in [0.15, 0.2) is 12.2 Å². The largest absolute Gasteiger partial charge is 0.377 e. The molecule has 1 N–H and O–H groups in total. The van der Waals surface area contributed by atoms with E-state index in [2.05, 4.69) is 5.32 Å². The summed E-state index contributed by atoms with van der Waals surface area (Å²) in [6, 6.07) is 0. The summed E-state index contributed by atoms with van der Waals surface area (Å²) in [6.07, 6.45) is 2.62. The van der Waals surface area contributed by atoms with Gasteiger partial charge >= 0.3 is 0 Å². The van der Waals surface area contributed by atoms with Crippen LogP contribution in [0.5, 0.6) is 0 Å². The van der Waals surface area contributed by atoms with Crippen LogP contribution in [0.1, 0.15) is 22.2 Å². The average molecular weight is 201 g/mol. The molecule has 82 valence electrons. The highest BCUT2D eigenvalue weighted by atomic mass is 16.5. The Kier molecular flexibility index (Phi) is 6.66. The van der Waals surface area contributed by atoms with Gasteiger partial charge in [-0.1, -0.05) is 0 Å². The summed E-state index contributed by atoms with van der Waals surface area (Å²) >= 11 is 0. The van der Waals surface area contributed by atoms with Crippen molar-refractivity contribution in [2.24, 2.45) is 0 Å². The van der Waals surface area contributed by atoms with Gasteiger partial charge in [0.15, 0.2) is 5.78 Å². The predicted octanol–water partition coefficient (Wildman–Crippen LogP) is 0.919. The maximum Gasteiger partial charge on any atom is 0.244 e. The molecule has 0 bridgehead atoms. The summed E-state index contributed by atoms with van der Waals surface area (Å²) in [5.41, 5.74) is 0. The predicted molar refractivity (Wildman–Crippen MR) is 56.0 cm³/mol. The van der Waals surface area contributed by atoms with Crippen LogP contribution < -0.4 is 5.32 Å². The molecule has 4 heteroatoms. The molecule has 0 saturated carbocycles. The highest BCUT2D eigenvalue weighted by Crippen LogP contribution is 1.85. The fraction of sp³-hybridized carbons (Fsp3) is 0.600. The zero-order valence-corrected chi connectivity index (χ0v) is 8.87. The second-order valence-electron chi connectivity index (χ2n) is 3.15. The first-order valence-corrected chi connectivity index (χ1v) is 4.60. The molecule has 0 radical (unpaired) electrons. The maximum atomic E-state index is 11.0. The second-order valence-corrected chi connectivity index (χ2v) is 3.15. The number of ketones is 1. The van der Waals surface area contributed by atoms with E-state index in [0.29, 0.717) is 13.2 Å². The minimum atomic E-state index is -0.271. The molecule has 0 unspecified atom stereocenters. The van der Waals surface area contributed by atoms with E-state index in [9.17, 15) is 9.59 Å². The van der Waals surface area contributed by atoms with Gasteiger partial charge in [0.25, 0.3) is 0 Å². The van der Waals surface area contributed by atoms with Gasteiger partial charge in [0, 0.05) is 14.0 Å². The van der Waals surface area contributed by atoms with Gasteiger partial charge in [0.2, 0.25) is 5.91 Å². The Morgan fingerprint density at radius 2 is 2.07 bits per heavy atom. The van der Waals surface area contributed by atoms with Crippen LogP contribution in [-0.4, -0.2) is 30.9 Å². The zero-order chi connectivity index (χ0) is 11.0. The van der Waals surface area contributed by atoms with E-state index in [4.69, 9.17) is 4.74 Å². The number of hydrogen-bond donors (Lipinski definition) is 1. The van der Waals surface area contributed by atoms with Crippen LogP contribution in [0.3, 0.4) is 0 Å². The van der Waals surface area contributed by atoms with Crippen molar-refractivity contribution in [3.05, 3.63) is 12.2 Å². The minimum absolute atomic E-state index is 0. The van der Waals surface area contributed by atoms with Gasteiger partial charge in [-0.2, -0.15) is 0 Å². The third kappa shape index (κ3) is 8.93. The average Bonchev–Trinajstić information content (AvgIpc) is 2.08. The molecule has 14 heavy (non-hydrogen) atoms. The molecule has 4 nitrogen and oxygen atoms in total. The molecule has 0 aromatic carbocycles. The van der Waals surface area contributed by atoms with Crippen LogP contribution in [0, 0.1) is 0 Å². The summed E-state index contributed by atoms with van der Waals surface area (Å²) in [5, 5.41) is 2.59. The molecular formula is C10H19NO3. The number of allylic oxidation sites excluding steroid dienone is 1. The molecule has 0 heterocycles.